The van der Waals surface area contributed by atoms with Gasteiger partial charge >= 0.3 is 0 Å². The molecule has 3 heteroatoms. The van der Waals surface area contributed by atoms with Gasteiger partial charge < -0.3 is 9.47 Å². The molecule has 2 unspecified atom stereocenters. The molecule has 3 heterocycles. The molecule has 3 nitrogen and oxygen atoms in total. The van der Waals surface area contributed by atoms with E-state index in [1.807, 2.05) is 0 Å². The predicted octanol–water partition coefficient (Wildman–Crippen LogP) is 14.9. The van der Waals surface area contributed by atoms with Crippen molar-refractivity contribution in [3.8, 4) is 39.2 Å². The zero-order valence-corrected chi connectivity index (χ0v) is 34.0. The van der Waals surface area contributed by atoms with Crippen LogP contribution in [0.15, 0.2) is 200 Å². The number of pyridine rings is 1. The van der Waals surface area contributed by atoms with Crippen LogP contribution in [0.1, 0.15) is 36.5 Å². The molecule has 0 saturated heterocycles. The van der Waals surface area contributed by atoms with Gasteiger partial charge in [-0.3, -0.25) is 0 Å². The van der Waals surface area contributed by atoms with Crippen LogP contribution in [0, 0.1) is 0 Å². The van der Waals surface area contributed by atoms with Gasteiger partial charge in [-0.05, 0) is 92.9 Å². The van der Waals surface area contributed by atoms with Crippen molar-refractivity contribution in [2.24, 2.45) is 0 Å². The Balaban J connectivity index is 1.05. The maximum Gasteiger partial charge on any atom is 0.0788 e. The molecule has 0 spiro atoms. The van der Waals surface area contributed by atoms with Crippen LogP contribution in [0.25, 0.3) is 82.7 Å². The normalized spacial score (nSPS) is 17.0. The smallest absolute Gasteiger partial charge is 0.0788 e. The van der Waals surface area contributed by atoms with Crippen molar-refractivity contribution < 1.29 is 0 Å². The van der Waals surface area contributed by atoms with Gasteiger partial charge in [0.25, 0.3) is 0 Å². The van der Waals surface area contributed by atoms with Crippen molar-refractivity contribution >= 4 is 54.9 Å². The van der Waals surface area contributed by atoms with E-state index in [0.717, 1.165) is 33.6 Å². The number of nitrogens with zero attached hydrogens (tertiary/aromatic N) is 3. The Labute approximate surface area is 355 Å². The van der Waals surface area contributed by atoms with Gasteiger partial charge in [0, 0.05) is 55.5 Å². The molecule has 288 valence electrons. The lowest BCUT2D eigenvalue weighted by atomic mass is 9.79. The second kappa shape index (κ2) is 12.8. The minimum Gasteiger partial charge on any atom is -0.333 e. The van der Waals surface area contributed by atoms with Crippen LogP contribution in [0.3, 0.4) is 0 Å². The van der Waals surface area contributed by atoms with E-state index in [2.05, 4.69) is 224 Å². The number of hydrogen-bond acceptors (Lipinski definition) is 2. The summed E-state index contributed by atoms with van der Waals surface area (Å²) in [5.41, 5.74) is 18.1. The van der Waals surface area contributed by atoms with E-state index < -0.39 is 0 Å². The molecular weight excluding hydrogens is 739 g/mol. The van der Waals surface area contributed by atoms with E-state index in [4.69, 9.17) is 4.98 Å². The molecule has 0 amide bonds. The van der Waals surface area contributed by atoms with Crippen molar-refractivity contribution in [1.82, 2.24) is 9.55 Å². The van der Waals surface area contributed by atoms with Gasteiger partial charge in [0.15, 0.2) is 0 Å². The zero-order chi connectivity index (χ0) is 40.4. The summed E-state index contributed by atoms with van der Waals surface area (Å²) in [5.74, 6) is 0.288. The van der Waals surface area contributed by atoms with E-state index in [9.17, 15) is 0 Å². The third-order valence-electron chi connectivity index (χ3n) is 13.8. The first kappa shape index (κ1) is 34.4. The van der Waals surface area contributed by atoms with E-state index in [1.165, 1.54) is 77.2 Å². The summed E-state index contributed by atoms with van der Waals surface area (Å²) in [4.78, 5) is 8.04. The first-order chi connectivity index (χ1) is 30.0. The van der Waals surface area contributed by atoms with Crippen LogP contribution in [-0.4, -0.2) is 15.6 Å². The predicted molar refractivity (Wildman–Crippen MR) is 255 cm³/mol. The Kier molecular flexibility index (Phi) is 7.19. The fourth-order valence-corrected chi connectivity index (χ4v) is 11.2. The van der Waals surface area contributed by atoms with Crippen molar-refractivity contribution in [3.05, 3.63) is 217 Å². The number of benzene rings is 8. The summed E-state index contributed by atoms with van der Waals surface area (Å²) in [6.45, 7) is 4.77. The quantitative estimate of drug-likeness (QED) is 0.166. The van der Waals surface area contributed by atoms with Gasteiger partial charge in [-0.2, -0.15) is 0 Å². The SMILES string of the molecule is CC1(C)c2ccccc2-c2ccc3c(-c4cccc(-c5cc(N6c7ccccc7C7C=CC=CC76)cc(-n6c7ccccc7c7ccccc76)c5)c4)nc4ccccc4c3c21. The zero-order valence-electron chi connectivity index (χ0n) is 34.0. The lowest BCUT2D eigenvalue weighted by Gasteiger charge is -2.30. The Morgan fingerprint density at radius 3 is 2.05 bits per heavy atom. The molecule has 2 aromatic heterocycles. The Morgan fingerprint density at radius 1 is 0.508 bits per heavy atom. The third-order valence-corrected chi connectivity index (χ3v) is 13.8. The van der Waals surface area contributed by atoms with E-state index in [0.29, 0.717) is 0 Å². The van der Waals surface area contributed by atoms with E-state index in [-0.39, 0.29) is 17.4 Å². The lowest BCUT2D eigenvalue weighted by molar-refractivity contribution is 0.666. The van der Waals surface area contributed by atoms with Crippen LogP contribution in [0.5, 0.6) is 0 Å². The molecule has 10 aromatic rings. The largest absolute Gasteiger partial charge is 0.333 e. The molecule has 1 aliphatic heterocycles. The highest BCUT2D eigenvalue weighted by Crippen LogP contribution is 2.54. The number of aromatic nitrogens is 2. The second-order valence-electron chi connectivity index (χ2n) is 17.5. The fourth-order valence-electron chi connectivity index (χ4n) is 11.2. The number of anilines is 2. The molecule has 2 atom stereocenters. The van der Waals surface area contributed by atoms with Gasteiger partial charge in [0.1, 0.15) is 0 Å². The van der Waals surface area contributed by atoms with Gasteiger partial charge in [-0.25, -0.2) is 4.98 Å². The van der Waals surface area contributed by atoms with E-state index >= 15 is 0 Å². The maximum absolute atomic E-state index is 5.48. The van der Waals surface area contributed by atoms with Crippen LogP contribution in [0.2, 0.25) is 0 Å². The number of rotatable bonds is 4. The van der Waals surface area contributed by atoms with Crippen molar-refractivity contribution in [3.63, 3.8) is 0 Å². The van der Waals surface area contributed by atoms with Crippen molar-refractivity contribution in [1.29, 1.82) is 0 Å². The summed E-state index contributed by atoms with van der Waals surface area (Å²) in [7, 11) is 0. The molecule has 13 rings (SSSR count). The van der Waals surface area contributed by atoms with Gasteiger partial charge in [-0.15, -0.1) is 0 Å². The van der Waals surface area contributed by atoms with Crippen LogP contribution < -0.4 is 4.90 Å². The highest BCUT2D eigenvalue weighted by Gasteiger charge is 2.39. The number of para-hydroxylation sites is 4. The molecule has 0 saturated carbocycles. The van der Waals surface area contributed by atoms with Gasteiger partial charge in [0.2, 0.25) is 0 Å². The summed E-state index contributed by atoms with van der Waals surface area (Å²) in [6.07, 6.45) is 9.13. The minimum atomic E-state index is -0.158. The lowest BCUT2D eigenvalue weighted by Crippen LogP contribution is -2.28. The van der Waals surface area contributed by atoms with Crippen LogP contribution in [-0.2, 0) is 5.41 Å². The Hall–Kier alpha value is -7.49. The van der Waals surface area contributed by atoms with Gasteiger partial charge in [0.05, 0.1) is 28.3 Å². The Morgan fingerprint density at radius 2 is 1.20 bits per heavy atom. The molecule has 0 radical (unpaired) electrons. The molecule has 0 bridgehead atoms. The molecule has 0 fully saturated rings. The van der Waals surface area contributed by atoms with E-state index in [1.54, 1.807) is 0 Å². The molecule has 3 aliphatic rings. The summed E-state index contributed by atoms with van der Waals surface area (Å²) < 4.78 is 2.45. The standard InChI is InChI=1S/C58H41N3/c1-58(2)49-24-9-3-18-41(49)46-30-31-48-55(56(46)58)47-23-4-10-25-50(47)59-57(48)37-17-15-16-36(32-37)38-33-39(60-51-26-11-5-19-42(51)43-20-6-12-27-52(43)60)35-40(34-38)61-53-28-13-7-21-44(53)45-22-8-14-29-54(45)61/h3-35,42,51H,1-2H3. The summed E-state index contributed by atoms with van der Waals surface area (Å²) in [6, 6.07) is 65.3. The minimum absolute atomic E-state index is 0.158. The monoisotopic (exact) mass is 779 g/mol. The Bertz CT molecular complexity index is 3490. The van der Waals surface area contributed by atoms with Crippen LogP contribution >= 0.6 is 0 Å². The first-order valence-electron chi connectivity index (χ1n) is 21.5. The molecule has 0 N–H and O–H groups in total. The summed E-state index contributed by atoms with van der Waals surface area (Å²) >= 11 is 0. The fraction of sp³-hybridized carbons (Fsp3) is 0.0862. The van der Waals surface area contributed by atoms with Crippen molar-refractivity contribution in [2.75, 3.05) is 4.90 Å². The maximum atomic E-state index is 5.48. The molecule has 61 heavy (non-hydrogen) atoms. The number of hydrogen-bond donors (Lipinski definition) is 0. The van der Waals surface area contributed by atoms with Crippen LogP contribution in [0.4, 0.5) is 11.4 Å². The highest BCUT2D eigenvalue weighted by atomic mass is 15.2. The highest BCUT2D eigenvalue weighted by molar-refractivity contribution is 6.16. The molecule has 8 aromatic carbocycles. The number of allylic oxidation sites excluding steroid dienone is 2. The molecular formula is C58H41N3. The average Bonchev–Trinajstić information content (AvgIpc) is 3.92. The first-order valence-corrected chi connectivity index (χ1v) is 21.5. The van der Waals surface area contributed by atoms with Crippen molar-refractivity contribution in [2.45, 2.75) is 31.2 Å². The topological polar surface area (TPSA) is 21.1 Å². The third kappa shape index (κ3) is 4.89. The van der Waals surface area contributed by atoms with Gasteiger partial charge in [-0.1, -0.05) is 166 Å². The average molecular weight is 780 g/mol. The second-order valence-corrected chi connectivity index (χ2v) is 17.5. The summed E-state index contributed by atoms with van der Waals surface area (Å²) in [5, 5.41) is 6.20. The number of fused-ring (bicyclic) bond motifs is 13. The molecule has 2 aliphatic carbocycles.